The molecule has 7 atom stereocenters. The number of rotatable bonds is 5. The van der Waals surface area contributed by atoms with E-state index in [0.29, 0.717) is 17.0 Å². The Morgan fingerprint density at radius 3 is 2.23 bits per heavy atom. The molecule has 0 heterocycles. The first kappa shape index (κ1) is 17.0. The van der Waals surface area contributed by atoms with Gasteiger partial charge in [-0.15, -0.1) is 0 Å². The predicted octanol–water partition coefficient (Wildman–Crippen LogP) is 5.86. The molecule has 0 radical (unpaired) electrons. The van der Waals surface area contributed by atoms with Gasteiger partial charge in [0.2, 0.25) is 0 Å². The van der Waals surface area contributed by atoms with Crippen molar-refractivity contribution >= 4 is 21.7 Å². The van der Waals surface area contributed by atoms with Crippen molar-refractivity contribution in [2.75, 3.05) is 5.33 Å². The van der Waals surface area contributed by atoms with Crippen molar-refractivity contribution in [3.63, 3.8) is 0 Å². The van der Waals surface area contributed by atoms with Crippen LogP contribution in [0.4, 0.5) is 0 Å². The van der Waals surface area contributed by atoms with Crippen molar-refractivity contribution in [2.45, 2.75) is 71.6 Å². The van der Waals surface area contributed by atoms with Crippen molar-refractivity contribution in [3.05, 3.63) is 0 Å². The smallest absolute Gasteiger partial charge is 0.146 e. The maximum absolute atomic E-state index is 12.2. The number of hydrogen-bond donors (Lipinski definition) is 0. The first-order valence-corrected chi connectivity index (χ1v) is 10.9. The van der Waals surface area contributed by atoms with Crippen LogP contribution < -0.4 is 0 Å². The lowest BCUT2D eigenvalue weighted by atomic mass is 9.54. The second-order valence-electron chi connectivity index (χ2n) is 8.21. The number of Topliss-reactive ketones (excluding diaryl/α,β-unsaturated/α-hetero) is 1. The Morgan fingerprint density at radius 1 is 0.909 bits per heavy atom. The summed E-state index contributed by atoms with van der Waals surface area (Å²) in [6.07, 6.45) is 12.4. The normalized spacial score (nSPS) is 44.4. The van der Waals surface area contributed by atoms with Gasteiger partial charge in [-0.25, -0.2) is 0 Å². The van der Waals surface area contributed by atoms with Crippen LogP contribution in [0.3, 0.4) is 0 Å². The number of hydrogen-bond acceptors (Lipinski definition) is 1. The maximum atomic E-state index is 12.2. The quantitative estimate of drug-likeness (QED) is 0.555. The number of carbonyl (C=O) groups excluding carboxylic acids is 1. The second kappa shape index (κ2) is 7.36. The van der Waals surface area contributed by atoms with Gasteiger partial charge in [0.15, 0.2) is 0 Å². The molecule has 0 bridgehead atoms. The van der Waals surface area contributed by atoms with E-state index in [9.17, 15) is 4.79 Å². The number of fused-ring (bicyclic) bond motifs is 3. The Kier molecular flexibility index (Phi) is 5.69. The van der Waals surface area contributed by atoms with Gasteiger partial charge in [-0.05, 0) is 74.0 Å². The highest BCUT2D eigenvalue weighted by atomic mass is 79.9. The topological polar surface area (TPSA) is 17.1 Å². The van der Waals surface area contributed by atoms with Gasteiger partial charge in [0, 0.05) is 5.92 Å². The number of ketones is 1. The molecule has 0 aromatic heterocycles. The summed E-state index contributed by atoms with van der Waals surface area (Å²) < 4.78 is 0. The lowest BCUT2D eigenvalue weighted by Gasteiger charge is -2.51. The van der Waals surface area contributed by atoms with Crippen LogP contribution in [0, 0.1) is 41.4 Å². The molecule has 22 heavy (non-hydrogen) atoms. The molecule has 2 heteroatoms. The summed E-state index contributed by atoms with van der Waals surface area (Å²) in [5, 5.41) is 0.575. The third-order valence-corrected chi connectivity index (χ3v) is 8.08. The predicted molar refractivity (Wildman–Crippen MR) is 96.1 cm³/mol. The molecule has 126 valence electrons. The van der Waals surface area contributed by atoms with Crippen molar-refractivity contribution in [2.24, 2.45) is 41.4 Å². The fourth-order valence-corrected chi connectivity index (χ4v) is 7.10. The Bertz CT molecular complexity index is 393. The van der Waals surface area contributed by atoms with Gasteiger partial charge < -0.3 is 0 Å². The molecule has 0 aromatic carbocycles. The minimum absolute atomic E-state index is 0.388. The highest BCUT2D eigenvalue weighted by Gasteiger charge is 2.51. The maximum Gasteiger partial charge on any atom is 0.146 e. The summed E-state index contributed by atoms with van der Waals surface area (Å²) >= 11 is 3.41. The molecule has 3 aliphatic carbocycles. The van der Waals surface area contributed by atoms with Crippen molar-refractivity contribution < 1.29 is 4.79 Å². The van der Waals surface area contributed by atoms with Crippen LogP contribution in [0.1, 0.15) is 71.6 Å². The van der Waals surface area contributed by atoms with E-state index in [1.807, 2.05) is 0 Å². The standard InChI is InChI=1S/C20H33BrO/c1-3-5-14-13(4-2)6-7-16-15(14)8-9-18-17(16)10-11-19(18)20(22)12-21/h13-19H,3-12H2,1-2H3. The van der Waals surface area contributed by atoms with Crippen LogP contribution >= 0.6 is 15.9 Å². The van der Waals surface area contributed by atoms with Crippen LogP contribution in [-0.4, -0.2) is 11.1 Å². The number of carbonyl (C=O) groups is 1. The van der Waals surface area contributed by atoms with E-state index < -0.39 is 0 Å². The lowest BCUT2D eigenvalue weighted by Crippen LogP contribution is -2.43. The van der Waals surface area contributed by atoms with Crippen molar-refractivity contribution in [3.8, 4) is 0 Å². The number of alkyl halides is 1. The molecule has 3 rings (SSSR count). The SMILES string of the molecule is CCCC1C(CC)CCC2C1CCC1C(C(=O)CBr)CCC12. The third kappa shape index (κ3) is 2.94. The molecule has 1 nitrogen and oxygen atoms in total. The van der Waals surface area contributed by atoms with Gasteiger partial charge in [0.25, 0.3) is 0 Å². The average Bonchev–Trinajstić information content (AvgIpc) is 2.98. The van der Waals surface area contributed by atoms with Gasteiger partial charge >= 0.3 is 0 Å². The third-order valence-electron chi connectivity index (χ3n) is 7.53. The lowest BCUT2D eigenvalue weighted by molar-refractivity contribution is -0.122. The number of halogens is 1. The summed E-state index contributed by atoms with van der Waals surface area (Å²) in [6.45, 7) is 4.77. The van der Waals surface area contributed by atoms with E-state index in [4.69, 9.17) is 0 Å². The zero-order chi connectivity index (χ0) is 15.7. The van der Waals surface area contributed by atoms with E-state index in [-0.39, 0.29) is 0 Å². The van der Waals surface area contributed by atoms with Crippen LogP contribution in [0.15, 0.2) is 0 Å². The van der Waals surface area contributed by atoms with E-state index in [1.54, 1.807) is 0 Å². The molecule has 3 aliphatic rings. The van der Waals surface area contributed by atoms with Crippen LogP contribution in [0.5, 0.6) is 0 Å². The van der Waals surface area contributed by atoms with E-state index in [0.717, 1.165) is 35.5 Å². The summed E-state index contributed by atoms with van der Waals surface area (Å²) in [4.78, 5) is 12.2. The minimum Gasteiger partial charge on any atom is -0.298 e. The largest absolute Gasteiger partial charge is 0.298 e. The fraction of sp³-hybridized carbons (Fsp3) is 0.950. The molecule has 3 fully saturated rings. The highest BCUT2D eigenvalue weighted by molar-refractivity contribution is 9.09. The molecule has 0 aromatic rings. The van der Waals surface area contributed by atoms with Gasteiger partial charge in [-0.1, -0.05) is 49.0 Å². The molecule has 3 saturated carbocycles. The molecule has 7 unspecified atom stereocenters. The van der Waals surface area contributed by atoms with E-state index in [2.05, 4.69) is 29.8 Å². The van der Waals surface area contributed by atoms with Gasteiger partial charge in [0.1, 0.15) is 5.78 Å². The molecular weight excluding hydrogens is 336 g/mol. The molecular formula is C20H33BrO. The summed E-state index contributed by atoms with van der Waals surface area (Å²) in [7, 11) is 0. The zero-order valence-corrected chi connectivity index (χ0v) is 16.0. The molecule has 0 saturated heterocycles. The Balaban J connectivity index is 1.75. The average molecular weight is 369 g/mol. The molecule has 0 aliphatic heterocycles. The molecule has 0 spiro atoms. The van der Waals surface area contributed by atoms with Gasteiger partial charge in [0.05, 0.1) is 5.33 Å². The molecule has 0 N–H and O–H groups in total. The van der Waals surface area contributed by atoms with Crippen molar-refractivity contribution in [1.82, 2.24) is 0 Å². The zero-order valence-electron chi connectivity index (χ0n) is 14.4. The monoisotopic (exact) mass is 368 g/mol. The van der Waals surface area contributed by atoms with Crippen LogP contribution in [0.25, 0.3) is 0 Å². The van der Waals surface area contributed by atoms with Gasteiger partial charge in [-0.2, -0.15) is 0 Å². The second-order valence-corrected chi connectivity index (χ2v) is 8.78. The highest BCUT2D eigenvalue weighted by Crippen LogP contribution is 2.58. The van der Waals surface area contributed by atoms with Gasteiger partial charge in [-0.3, -0.25) is 4.79 Å². The molecule has 0 amide bonds. The van der Waals surface area contributed by atoms with E-state index >= 15 is 0 Å². The Morgan fingerprint density at radius 2 is 1.55 bits per heavy atom. The summed E-state index contributed by atoms with van der Waals surface area (Å²) in [5.74, 6) is 6.39. The summed E-state index contributed by atoms with van der Waals surface area (Å²) in [5.41, 5.74) is 0. The summed E-state index contributed by atoms with van der Waals surface area (Å²) in [6, 6.07) is 0. The van der Waals surface area contributed by atoms with Crippen molar-refractivity contribution in [1.29, 1.82) is 0 Å². The van der Waals surface area contributed by atoms with E-state index in [1.165, 1.54) is 57.8 Å². The van der Waals surface area contributed by atoms with Crippen LogP contribution in [0.2, 0.25) is 0 Å². The Labute approximate surface area is 145 Å². The van der Waals surface area contributed by atoms with Crippen LogP contribution in [-0.2, 0) is 4.79 Å². The Hall–Kier alpha value is 0.150. The minimum atomic E-state index is 0.388. The fourth-order valence-electron chi connectivity index (χ4n) is 6.68. The first-order chi connectivity index (χ1) is 10.7. The first-order valence-electron chi connectivity index (χ1n) is 9.79.